The molecule has 0 bridgehead atoms. The number of carbonyl (C=O) groups is 1. The molecule has 0 saturated heterocycles. The predicted molar refractivity (Wildman–Crippen MR) is 116 cm³/mol. The normalized spacial score (nSPS) is 13.1. The highest BCUT2D eigenvalue weighted by Crippen LogP contribution is 2.38. The summed E-state index contributed by atoms with van der Waals surface area (Å²) in [6, 6.07) is 7.34. The minimum Gasteiger partial charge on any atom is -0.462 e. The summed E-state index contributed by atoms with van der Waals surface area (Å²) in [6.07, 6.45) is 6.33. The standard InChI is InChI=1S/C21H23N3O2S.ClH/c1-13(2)11-26-21(25)14-7-9-15(10-8-14)24-19-18-16-5-3-4-6-17(16)27-20(18)23-12-22-19;/h7-10,12-13H,3-6,11H2,1-2H3,(H,22,23,24);1H. The van der Waals surface area contributed by atoms with E-state index in [1.807, 2.05) is 26.0 Å². The lowest BCUT2D eigenvalue weighted by Gasteiger charge is -2.12. The Kier molecular flexibility index (Phi) is 6.52. The third-order valence-electron chi connectivity index (χ3n) is 4.68. The highest BCUT2D eigenvalue weighted by molar-refractivity contribution is 7.19. The van der Waals surface area contributed by atoms with Crippen LogP contribution < -0.4 is 5.32 Å². The number of nitrogens with one attached hydrogen (secondary N) is 1. The summed E-state index contributed by atoms with van der Waals surface area (Å²) in [7, 11) is 0. The Morgan fingerprint density at radius 2 is 1.93 bits per heavy atom. The SMILES string of the molecule is CC(C)COC(=O)c1ccc(Nc2ncnc3sc4c(c23)CCCC4)cc1.Cl. The fraction of sp³-hybridized carbons (Fsp3) is 0.381. The van der Waals surface area contributed by atoms with E-state index in [0.29, 0.717) is 18.1 Å². The topological polar surface area (TPSA) is 64.1 Å². The summed E-state index contributed by atoms with van der Waals surface area (Å²) in [5, 5.41) is 4.55. The van der Waals surface area contributed by atoms with Crippen molar-refractivity contribution < 1.29 is 9.53 Å². The van der Waals surface area contributed by atoms with Gasteiger partial charge in [-0.1, -0.05) is 13.8 Å². The summed E-state index contributed by atoms with van der Waals surface area (Å²) >= 11 is 1.79. The second-order valence-electron chi connectivity index (χ2n) is 7.31. The fourth-order valence-corrected chi connectivity index (χ4v) is 4.57. The molecule has 0 spiro atoms. The Morgan fingerprint density at radius 1 is 1.18 bits per heavy atom. The second-order valence-corrected chi connectivity index (χ2v) is 8.39. The zero-order chi connectivity index (χ0) is 18.8. The first kappa shape index (κ1) is 20.6. The van der Waals surface area contributed by atoms with Crippen LogP contribution in [0, 0.1) is 5.92 Å². The third kappa shape index (κ3) is 4.28. The van der Waals surface area contributed by atoms with E-state index in [0.717, 1.165) is 34.6 Å². The maximum atomic E-state index is 12.1. The summed E-state index contributed by atoms with van der Waals surface area (Å²) < 4.78 is 5.28. The van der Waals surface area contributed by atoms with E-state index in [9.17, 15) is 4.79 Å². The monoisotopic (exact) mass is 417 g/mol. The van der Waals surface area contributed by atoms with Gasteiger partial charge in [0.15, 0.2) is 0 Å². The Bertz CT molecular complexity index is 970. The minimum absolute atomic E-state index is 0. The van der Waals surface area contributed by atoms with Gasteiger partial charge in [0.2, 0.25) is 0 Å². The third-order valence-corrected chi connectivity index (χ3v) is 5.88. The molecular weight excluding hydrogens is 394 g/mol. The average Bonchev–Trinajstić information content (AvgIpc) is 3.06. The first-order valence-corrected chi connectivity index (χ1v) is 10.2. The molecule has 0 fully saturated rings. The van der Waals surface area contributed by atoms with Crippen LogP contribution in [0.25, 0.3) is 10.2 Å². The number of anilines is 2. The fourth-order valence-electron chi connectivity index (χ4n) is 3.34. The van der Waals surface area contributed by atoms with Gasteiger partial charge in [0.05, 0.1) is 17.6 Å². The number of aromatic nitrogens is 2. The molecule has 0 saturated carbocycles. The molecule has 5 nitrogen and oxygen atoms in total. The molecule has 0 radical (unpaired) electrons. The van der Waals surface area contributed by atoms with Gasteiger partial charge in [-0.15, -0.1) is 23.7 Å². The quantitative estimate of drug-likeness (QED) is 0.551. The number of esters is 1. The number of hydrogen-bond acceptors (Lipinski definition) is 6. The number of ether oxygens (including phenoxy) is 1. The molecule has 0 atom stereocenters. The van der Waals surface area contributed by atoms with Gasteiger partial charge in [-0.25, -0.2) is 14.8 Å². The van der Waals surface area contributed by atoms with Gasteiger partial charge in [0.1, 0.15) is 17.0 Å². The van der Waals surface area contributed by atoms with Gasteiger partial charge in [-0.2, -0.15) is 0 Å². The molecule has 28 heavy (non-hydrogen) atoms. The van der Waals surface area contributed by atoms with E-state index in [2.05, 4.69) is 15.3 Å². The molecule has 1 aliphatic rings. The number of thiophene rings is 1. The van der Waals surface area contributed by atoms with E-state index < -0.39 is 0 Å². The molecule has 0 unspecified atom stereocenters. The number of carbonyl (C=O) groups excluding carboxylic acids is 1. The van der Waals surface area contributed by atoms with Crippen LogP contribution in [0.4, 0.5) is 11.5 Å². The summed E-state index contributed by atoms with van der Waals surface area (Å²) in [5.41, 5.74) is 2.85. The van der Waals surface area contributed by atoms with Crippen LogP contribution in [0.15, 0.2) is 30.6 Å². The molecule has 3 aromatic rings. The van der Waals surface area contributed by atoms with Crippen molar-refractivity contribution in [2.24, 2.45) is 5.92 Å². The molecule has 148 valence electrons. The second kappa shape index (κ2) is 8.88. The Morgan fingerprint density at radius 3 is 2.68 bits per heavy atom. The van der Waals surface area contributed by atoms with E-state index in [-0.39, 0.29) is 18.4 Å². The lowest BCUT2D eigenvalue weighted by Crippen LogP contribution is -2.10. The number of rotatable bonds is 5. The Labute approximate surface area is 175 Å². The van der Waals surface area contributed by atoms with Crippen LogP contribution in [0.1, 0.15) is 47.5 Å². The van der Waals surface area contributed by atoms with Gasteiger partial charge in [-0.05, 0) is 61.4 Å². The van der Waals surface area contributed by atoms with E-state index >= 15 is 0 Å². The van der Waals surface area contributed by atoms with Crippen LogP contribution >= 0.6 is 23.7 Å². The molecule has 1 N–H and O–H groups in total. The summed E-state index contributed by atoms with van der Waals surface area (Å²) in [4.78, 5) is 23.5. The van der Waals surface area contributed by atoms with Crippen molar-refractivity contribution in [1.29, 1.82) is 0 Å². The molecule has 1 aromatic carbocycles. The van der Waals surface area contributed by atoms with Crippen molar-refractivity contribution in [1.82, 2.24) is 9.97 Å². The number of hydrogen-bond donors (Lipinski definition) is 1. The Balaban J connectivity index is 0.00000225. The number of nitrogens with zero attached hydrogens (tertiary/aromatic N) is 2. The van der Waals surface area contributed by atoms with Crippen LogP contribution in [0.5, 0.6) is 0 Å². The molecule has 1 aliphatic carbocycles. The van der Waals surface area contributed by atoms with E-state index in [1.54, 1.807) is 29.8 Å². The zero-order valence-electron chi connectivity index (χ0n) is 16.0. The summed E-state index contributed by atoms with van der Waals surface area (Å²) in [6.45, 7) is 4.47. The van der Waals surface area contributed by atoms with Crippen LogP contribution in [-0.2, 0) is 17.6 Å². The van der Waals surface area contributed by atoms with Gasteiger partial charge >= 0.3 is 5.97 Å². The van der Waals surface area contributed by atoms with Crippen molar-refractivity contribution in [3.63, 3.8) is 0 Å². The molecule has 4 rings (SSSR count). The van der Waals surface area contributed by atoms with Crippen LogP contribution in [0.2, 0.25) is 0 Å². The number of halogens is 1. The van der Waals surface area contributed by atoms with Gasteiger partial charge in [0, 0.05) is 10.6 Å². The average molecular weight is 418 g/mol. The minimum atomic E-state index is -0.286. The van der Waals surface area contributed by atoms with Crippen molar-refractivity contribution in [3.05, 3.63) is 46.6 Å². The van der Waals surface area contributed by atoms with E-state index in [1.165, 1.54) is 23.3 Å². The zero-order valence-corrected chi connectivity index (χ0v) is 17.7. The molecule has 0 amide bonds. The first-order chi connectivity index (χ1) is 13.1. The Hall–Kier alpha value is -2.18. The van der Waals surface area contributed by atoms with Crippen molar-refractivity contribution in [3.8, 4) is 0 Å². The molecule has 2 heterocycles. The van der Waals surface area contributed by atoms with Gasteiger partial charge in [-0.3, -0.25) is 0 Å². The maximum absolute atomic E-state index is 12.1. The van der Waals surface area contributed by atoms with Crippen molar-refractivity contribution >= 4 is 51.4 Å². The number of aryl methyl sites for hydroxylation is 2. The highest BCUT2D eigenvalue weighted by Gasteiger charge is 2.20. The molecule has 0 aliphatic heterocycles. The van der Waals surface area contributed by atoms with Gasteiger partial charge in [0.25, 0.3) is 0 Å². The van der Waals surface area contributed by atoms with Crippen LogP contribution in [0.3, 0.4) is 0 Å². The lowest BCUT2D eigenvalue weighted by atomic mass is 9.97. The first-order valence-electron chi connectivity index (χ1n) is 9.41. The van der Waals surface area contributed by atoms with Crippen molar-refractivity contribution in [2.75, 3.05) is 11.9 Å². The summed E-state index contributed by atoms with van der Waals surface area (Å²) in [5.74, 6) is 0.882. The smallest absolute Gasteiger partial charge is 0.338 e. The van der Waals surface area contributed by atoms with Crippen LogP contribution in [-0.4, -0.2) is 22.5 Å². The largest absolute Gasteiger partial charge is 0.462 e. The predicted octanol–water partition coefficient (Wildman–Crippen LogP) is 5.55. The molecule has 2 aromatic heterocycles. The molecular formula is C21H24ClN3O2S. The maximum Gasteiger partial charge on any atom is 0.338 e. The number of fused-ring (bicyclic) bond motifs is 3. The number of benzene rings is 1. The van der Waals surface area contributed by atoms with Crippen molar-refractivity contribution in [2.45, 2.75) is 39.5 Å². The highest BCUT2D eigenvalue weighted by atomic mass is 35.5. The lowest BCUT2D eigenvalue weighted by molar-refractivity contribution is 0.0459. The van der Waals surface area contributed by atoms with Gasteiger partial charge < -0.3 is 10.1 Å². The molecule has 7 heteroatoms. The van der Waals surface area contributed by atoms with E-state index in [4.69, 9.17) is 4.74 Å².